The number of rotatable bonds is 62. The van der Waals surface area contributed by atoms with Gasteiger partial charge in [0.15, 0.2) is 0 Å². The summed E-state index contributed by atoms with van der Waals surface area (Å²) >= 11 is 0. The van der Waals surface area contributed by atoms with Gasteiger partial charge in [-0.1, -0.05) is 321 Å². The molecule has 0 aromatic carbocycles. The fraction of sp³-hybridized carbons (Fsp3) is 0.910. The zero-order chi connectivity index (χ0) is 52.9. The summed E-state index contributed by atoms with van der Waals surface area (Å²) in [6.07, 6.45) is 77.9. The molecule has 0 aromatic rings. The molecule has 2 unspecified atom stereocenters. The molecule has 0 heterocycles. The van der Waals surface area contributed by atoms with E-state index in [-0.39, 0.29) is 18.5 Å². The van der Waals surface area contributed by atoms with Gasteiger partial charge in [0.25, 0.3) is 0 Å². The Morgan fingerprint density at radius 3 is 1.05 bits per heavy atom. The monoisotopic (exact) mass is 1030 g/mol. The molecule has 0 aromatic heterocycles. The summed E-state index contributed by atoms with van der Waals surface area (Å²) < 4.78 is 5.49. The van der Waals surface area contributed by atoms with Crippen LogP contribution >= 0.6 is 0 Å². The molecular weight excluding hydrogens is 899 g/mol. The Morgan fingerprint density at radius 2 is 0.685 bits per heavy atom. The lowest BCUT2D eigenvalue weighted by Gasteiger charge is -2.22. The number of aliphatic hydroxyl groups is 2. The predicted octanol–water partition coefficient (Wildman–Crippen LogP) is 21.0. The van der Waals surface area contributed by atoms with Gasteiger partial charge in [0, 0.05) is 12.8 Å². The zero-order valence-corrected chi connectivity index (χ0v) is 49.4. The van der Waals surface area contributed by atoms with Gasteiger partial charge >= 0.3 is 5.97 Å². The van der Waals surface area contributed by atoms with Crippen molar-refractivity contribution in [2.24, 2.45) is 0 Å². The van der Waals surface area contributed by atoms with Gasteiger partial charge < -0.3 is 20.3 Å². The number of allylic oxidation sites excluding steroid dienone is 4. The first-order chi connectivity index (χ1) is 36.0. The molecule has 0 fully saturated rings. The smallest absolute Gasteiger partial charge is 0.305 e. The maximum absolute atomic E-state index is 12.5. The summed E-state index contributed by atoms with van der Waals surface area (Å²) in [4.78, 5) is 24.5. The number of aliphatic hydroxyl groups excluding tert-OH is 2. The number of hydrogen-bond acceptors (Lipinski definition) is 5. The van der Waals surface area contributed by atoms with E-state index >= 15 is 0 Å². The number of carbonyl (C=O) groups excluding carboxylic acids is 2. The van der Waals surface area contributed by atoms with E-state index in [1.54, 1.807) is 0 Å². The van der Waals surface area contributed by atoms with Crippen LogP contribution in [0.15, 0.2) is 24.3 Å². The molecule has 73 heavy (non-hydrogen) atoms. The molecule has 0 rings (SSSR count). The highest BCUT2D eigenvalue weighted by Gasteiger charge is 2.20. The molecule has 0 aliphatic rings. The van der Waals surface area contributed by atoms with Gasteiger partial charge in [-0.25, -0.2) is 0 Å². The van der Waals surface area contributed by atoms with Crippen molar-refractivity contribution >= 4 is 11.9 Å². The van der Waals surface area contributed by atoms with Crippen LogP contribution in [-0.4, -0.2) is 47.4 Å². The van der Waals surface area contributed by atoms with E-state index in [0.717, 1.165) is 51.4 Å². The summed E-state index contributed by atoms with van der Waals surface area (Å²) in [7, 11) is 0. The van der Waals surface area contributed by atoms with Crippen LogP contribution < -0.4 is 5.32 Å². The number of amides is 1. The summed E-state index contributed by atoms with van der Waals surface area (Å²) in [5, 5.41) is 23.2. The number of unbranched alkanes of at least 4 members (excludes halogenated alkanes) is 47. The van der Waals surface area contributed by atoms with Crippen molar-refractivity contribution in [3.63, 3.8) is 0 Å². The topological polar surface area (TPSA) is 95.9 Å². The molecule has 6 nitrogen and oxygen atoms in total. The second-order valence-corrected chi connectivity index (χ2v) is 22.8. The minimum absolute atomic E-state index is 0.00633. The number of nitrogens with one attached hydrogen (secondary N) is 1. The quantitative estimate of drug-likeness (QED) is 0.0320. The molecule has 0 saturated heterocycles. The molecule has 0 aliphatic heterocycles. The van der Waals surface area contributed by atoms with E-state index in [1.165, 1.54) is 283 Å². The van der Waals surface area contributed by atoms with Crippen molar-refractivity contribution in [1.29, 1.82) is 0 Å². The Morgan fingerprint density at radius 1 is 0.384 bits per heavy atom. The van der Waals surface area contributed by atoms with E-state index in [1.807, 2.05) is 0 Å². The second kappa shape index (κ2) is 62.9. The van der Waals surface area contributed by atoms with Crippen LogP contribution in [0.3, 0.4) is 0 Å². The molecule has 0 radical (unpaired) electrons. The third kappa shape index (κ3) is 59.4. The first kappa shape index (κ1) is 71.3. The average Bonchev–Trinajstić information content (AvgIpc) is 3.39. The normalized spacial score (nSPS) is 12.7. The lowest BCUT2D eigenvalue weighted by molar-refractivity contribution is -0.143. The molecule has 0 bridgehead atoms. The van der Waals surface area contributed by atoms with Gasteiger partial charge in [-0.05, 0) is 57.8 Å². The first-order valence-electron chi connectivity index (χ1n) is 33.1. The van der Waals surface area contributed by atoms with Crippen LogP contribution in [-0.2, 0) is 14.3 Å². The van der Waals surface area contributed by atoms with Crippen molar-refractivity contribution in [1.82, 2.24) is 5.32 Å². The number of carbonyl (C=O) groups is 2. The van der Waals surface area contributed by atoms with Crippen LogP contribution in [0.2, 0.25) is 0 Å². The molecule has 2 atom stereocenters. The van der Waals surface area contributed by atoms with E-state index in [0.29, 0.717) is 25.9 Å². The number of esters is 1. The lowest BCUT2D eigenvalue weighted by atomic mass is 10.0. The lowest BCUT2D eigenvalue weighted by Crippen LogP contribution is -2.45. The Bertz CT molecular complexity index is 1140. The van der Waals surface area contributed by atoms with Gasteiger partial charge in [-0.3, -0.25) is 9.59 Å². The fourth-order valence-electron chi connectivity index (χ4n) is 10.4. The van der Waals surface area contributed by atoms with Crippen molar-refractivity contribution < 1.29 is 24.5 Å². The predicted molar refractivity (Wildman–Crippen MR) is 320 cm³/mol. The number of ether oxygens (including phenoxy) is 1. The largest absolute Gasteiger partial charge is 0.466 e. The van der Waals surface area contributed by atoms with Gasteiger partial charge in [0.1, 0.15) is 0 Å². The molecular formula is C67H129NO5. The standard InChI is InChI=1S/C67H129NO5/c1-3-5-7-9-11-13-15-16-17-34-37-41-45-49-53-57-61-67(72)73-62-58-54-50-46-42-38-35-32-30-28-26-24-22-20-18-19-21-23-25-27-29-31-33-36-40-44-48-52-56-60-66(71)68-64(63-69)65(70)59-55-51-47-43-39-14-12-10-8-6-4-2/h13,15,17,34,64-65,69-70H,3-12,14,16,18-33,35-63H2,1-2H3,(H,68,71)/b15-13-,34-17-. The van der Waals surface area contributed by atoms with Crippen LogP contribution in [0.5, 0.6) is 0 Å². The Labute approximate surface area is 456 Å². The average molecular weight is 1030 g/mol. The maximum atomic E-state index is 12.5. The van der Waals surface area contributed by atoms with Crippen LogP contribution in [0.4, 0.5) is 0 Å². The second-order valence-electron chi connectivity index (χ2n) is 22.8. The molecule has 1 amide bonds. The highest BCUT2D eigenvalue weighted by Crippen LogP contribution is 2.18. The molecule has 0 spiro atoms. The van der Waals surface area contributed by atoms with Gasteiger partial charge in [-0.15, -0.1) is 0 Å². The van der Waals surface area contributed by atoms with Crippen LogP contribution in [0.1, 0.15) is 367 Å². The third-order valence-corrected chi connectivity index (χ3v) is 15.5. The highest BCUT2D eigenvalue weighted by molar-refractivity contribution is 5.76. The van der Waals surface area contributed by atoms with Crippen molar-refractivity contribution in [3.05, 3.63) is 24.3 Å². The molecule has 0 saturated carbocycles. The summed E-state index contributed by atoms with van der Waals surface area (Å²) in [6, 6.07) is -0.537. The van der Waals surface area contributed by atoms with Gasteiger partial charge in [0.05, 0.1) is 25.4 Å². The number of hydrogen-bond donors (Lipinski definition) is 3. The summed E-state index contributed by atoms with van der Waals surface area (Å²) in [5.41, 5.74) is 0. The van der Waals surface area contributed by atoms with Crippen LogP contribution in [0.25, 0.3) is 0 Å². The first-order valence-corrected chi connectivity index (χ1v) is 33.1. The van der Waals surface area contributed by atoms with Crippen molar-refractivity contribution in [2.45, 2.75) is 379 Å². The summed E-state index contributed by atoms with van der Waals surface area (Å²) in [6.45, 7) is 4.94. The van der Waals surface area contributed by atoms with E-state index in [4.69, 9.17) is 4.74 Å². The molecule has 0 aliphatic carbocycles. The summed E-state index contributed by atoms with van der Waals surface area (Å²) in [5.74, 6) is -0.0247. The maximum Gasteiger partial charge on any atom is 0.305 e. The van der Waals surface area contributed by atoms with E-state index < -0.39 is 12.1 Å². The third-order valence-electron chi connectivity index (χ3n) is 15.5. The van der Waals surface area contributed by atoms with Gasteiger partial charge in [-0.2, -0.15) is 0 Å². The van der Waals surface area contributed by atoms with Crippen molar-refractivity contribution in [3.8, 4) is 0 Å². The highest BCUT2D eigenvalue weighted by atomic mass is 16.5. The molecule has 432 valence electrons. The minimum atomic E-state index is -0.660. The minimum Gasteiger partial charge on any atom is -0.466 e. The Hall–Kier alpha value is -1.66. The Balaban J connectivity index is 3.31. The van der Waals surface area contributed by atoms with E-state index in [2.05, 4.69) is 43.5 Å². The molecule has 6 heteroatoms. The zero-order valence-electron chi connectivity index (χ0n) is 49.4. The fourth-order valence-corrected chi connectivity index (χ4v) is 10.4. The Kier molecular flexibility index (Phi) is 61.4. The van der Waals surface area contributed by atoms with E-state index in [9.17, 15) is 19.8 Å². The molecule has 3 N–H and O–H groups in total. The van der Waals surface area contributed by atoms with Crippen LogP contribution in [0, 0.1) is 0 Å². The SMILES string of the molecule is CCCCCC/C=C\C/C=C\CCCCCCCC(=O)OCCCCCCCCCCCCCCCCCCCCCCCCCCCCCCCC(=O)NC(CO)C(O)CCCCCCCCCCCCC. The van der Waals surface area contributed by atoms with Gasteiger partial charge in [0.2, 0.25) is 5.91 Å². The van der Waals surface area contributed by atoms with Crippen molar-refractivity contribution in [2.75, 3.05) is 13.2 Å².